The molecule has 0 atom stereocenters. The number of aromatic nitrogens is 1. The van der Waals surface area contributed by atoms with Crippen LogP contribution in [0, 0.1) is 6.92 Å². The second-order valence-corrected chi connectivity index (χ2v) is 4.80. The van der Waals surface area contributed by atoms with Gasteiger partial charge in [-0.1, -0.05) is 23.9 Å². The quantitative estimate of drug-likeness (QED) is 0.647. The normalized spacial score (nSPS) is 10.4. The van der Waals surface area contributed by atoms with Crippen LogP contribution >= 0.6 is 11.8 Å². The molecule has 0 spiro atoms. The lowest BCUT2D eigenvalue weighted by Crippen LogP contribution is -2.05. The van der Waals surface area contributed by atoms with Gasteiger partial charge in [-0.2, -0.15) is 0 Å². The summed E-state index contributed by atoms with van der Waals surface area (Å²) < 4.78 is 10.6. The van der Waals surface area contributed by atoms with Crippen molar-refractivity contribution < 1.29 is 19.1 Å². The Morgan fingerprint density at radius 2 is 2.26 bits per heavy atom. The molecule has 0 radical (unpaired) electrons. The van der Waals surface area contributed by atoms with E-state index in [-0.39, 0.29) is 5.56 Å². The van der Waals surface area contributed by atoms with E-state index in [9.17, 15) is 4.79 Å². The molecule has 5 nitrogen and oxygen atoms in total. The van der Waals surface area contributed by atoms with Gasteiger partial charge in [0, 0.05) is 5.75 Å². The van der Waals surface area contributed by atoms with Crippen LogP contribution in [-0.2, 0) is 0 Å². The number of carbonyl (C=O) groups is 1. The molecule has 19 heavy (non-hydrogen) atoms. The molecule has 0 saturated carbocycles. The number of aryl methyl sites for hydroxylation is 1. The number of hydrogen-bond acceptors (Lipinski definition) is 5. The van der Waals surface area contributed by atoms with Crippen LogP contribution in [0.1, 0.15) is 16.1 Å². The van der Waals surface area contributed by atoms with Gasteiger partial charge in [0.25, 0.3) is 5.22 Å². The summed E-state index contributed by atoms with van der Waals surface area (Å²) in [7, 11) is 0. The van der Waals surface area contributed by atoms with Gasteiger partial charge in [0.1, 0.15) is 17.6 Å². The molecule has 100 valence electrons. The monoisotopic (exact) mass is 279 g/mol. The summed E-state index contributed by atoms with van der Waals surface area (Å²) in [5.74, 6) is 0.0132. The molecule has 1 heterocycles. The Labute approximate surface area is 114 Å². The van der Waals surface area contributed by atoms with Crippen molar-refractivity contribution in [3.05, 3.63) is 41.8 Å². The van der Waals surface area contributed by atoms with Crippen molar-refractivity contribution in [1.82, 2.24) is 4.98 Å². The molecule has 0 fully saturated rings. The van der Waals surface area contributed by atoms with Gasteiger partial charge in [0.05, 0.1) is 12.3 Å². The zero-order chi connectivity index (χ0) is 13.7. The van der Waals surface area contributed by atoms with E-state index in [0.717, 1.165) is 5.69 Å². The number of hydrogen-bond donors (Lipinski definition) is 1. The number of para-hydroxylation sites is 1. The topological polar surface area (TPSA) is 72.6 Å². The maximum absolute atomic E-state index is 11.0. The van der Waals surface area contributed by atoms with Crippen molar-refractivity contribution in [2.45, 2.75) is 12.1 Å². The first-order valence-corrected chi connectivity index (χ1v) is 6.65. The summed E-state index contributed by atoms with van der Waals surface area (Å²) in [6.07, 6.45) is 1.59. The molecule has 0 aliphatic carbocycles. The van der Waals surface area contributed by atoms with Crippen LogP contribution in [0.2, 0.25) is 0 Å². The highest BCUT2D eigenvalue weighted by molar-refractivity contribution is 7.99. The molecular formula is C13H13NO4S. The molecule has 0 saturated heterocycles. The van der Waals surface area contributed by atoms with Crippen molar-refractivity contribution in [2.75, 3.05) is 12.4 Å². The van der Waals surface area contributed by atoms with Gasteiger partial charge < -0.3 is 14.3 Å². The number of carboxylic acids is 1. The summed E-state index contributed by atoms with van der Waals surface area (Å²) in [6, 6.07) is 6.57. The molecular weight excluding hydrogens is 266 g/mol. The van der Waals surface area contributed by atoms with Crippen LogP contribution < -0.4 is 4.74 Å². The fourth-order valence-electron chi connectivity index (χ4n) is 1.45. The minimum Gasteiger partial charge on any atom is -0.492 e. The van der Waals surface area contributed by atoms with Crippen LogP contribution in [0.4, 0.5) is 0 Å². The van der Waals surface area contributed by atoms with Gasteiger partial charge in [-0.15, -0.1) is 0 Å². The van der Waals surface area contributed by atoms with E-state index in [1.54, 1.807) is 24.5 Å². The number of thioether (sulfide) groups is 1. The average Bonchev–Trinajstić information content (AvgIpc) is 2.81. The van der Waals surface area contributed by atoms with Crippen molar-refractivity contribution in [3.8, 4) is 5.75 Å². The molecule has 1 aromatic heterocycles. The van der Waals surface area contributed by atoms with E-state index in [4.69, 9.17) is 14.3 Å². The molecule has 0 aliphatic heterocycles. The molecule has 2 rings (SSSR count). The molecule has 0 bridgehead atoms. The minimum atomic E-state index is -0.994. The van der Waals surface area contributed by atoms with Crippen molar-refractivity contribution in [2.24, 2.45) is 0 Å². The Morgan fingerprint density at radius 1 is 1.47 bits per heavy atom. The van der Waals surface area contributed by atoms with Gasteiger partial charge >= 0.3 is 5.97 Å². The molecule has 0 amide bonds. The Hall–Kier alpha value is -1.95. The summed E-state index contributed by atoms with van der Waals surface area (Å²) in [5.41, 5.74) is 0.999. The number of oxazole rings is 1. The lowest BCUT2D eigenvalue weighted by molar-refractivity contribution is 0.0692. The van der Waals surface area contributed by atoms with Crippen LogP contribution in [-0.4, -0.2) is 28.4 Å². The first-order chi connectivity index (χ1) is 9.16. The Morgan fingerprint density at radius 3 is 2.95 bits per heavy atom. The molecule has 2 aromatic rings. The highest BCUT2D eigenvalue weighted by Gasteiger charge is 2.10. The SMILES string of the molecule is Cc1coc(SCCOc2ccccc2C(=O)O)n1. The molecule has 0 aliphatic rings. The van der Waals surface area contributed by atoms with E-state index in [1.807, 2.05) is 6.92 Å². The number of carboxylic acid groups (broad SMARTS) is 1. The third-order valence-corrected chi connectivity index (χ3v) is 3.09. The highest BCUT2D eigenvalue weighted by Crippen LogP contribution is 2.20. The molecule has 6 heteroatoms. The Bertz CT molecular complexity index is 567. The van der Waals surface area contributed by atoms with Gasteiger partial charge in [-0.25, -0.2) is 9.78 Å². The van der Waals surface area contributed by atoms with Crippen LogP contribution in [0.25, 0.3) is 0 Å². The van der Waals surface area contributed by atoms with E-state index in [1.165, 1.54) is 17.8 Å². The van der Waals surface area contributed by atoms with Crippen LogP contribution in [0.3, 0.4) is 0 Å². The fourth-order valence-corrected chi connectivity index (χ4v) is 2.11. The van der Waals surface area contributed by atoms with Crippen LogP contribution in [0.15, 0.2) is 40.2 Å². The number of benzene rings is 1. The second-order valence-electron chi connectivity index (χ2n) is 3.75. The van der Waals surface area contributed by atoms with E-state index < -0.39 is 5.97 Å². The third kappa shape index (κ3) is 3.75. The van der Waals surface area contributed by atoms with E-state index >= 15 is 0 Å². The summed E-state index contributed by atoms with van der Waals surface area (Å²) in [6.45, 7) is 2.24. The third-order valence-electron chi connectivity index (χ3n) is 2.28. The zero-order valence-electron chi connectivity index (χ0n) is 10.3. The standard InChI is InChI=1S/C13H13NO4S/c1-9-8-18-13(14-9)19-7-6-17-11-5-3-2-4-10(11)12(15)16/h2-5,8H,6-7H2,1H3,(H,15,16). The highest BCUT2D eigenvalue weighted by atomic mass is 32.2. The zero-order valence-corrected chi connectivity index (χ0v) is 11.1. The molecule has 1 N–H and O–H groups in total. The van der Waals surface area contributed by atoms with Crippen molar-refractivity contribution >= 4 is 17.7 Å². The van der Waals surface area contributed by atoms with Gasteiger partial charge in [-0.3, -0.25) is 0 Å². The smallest absolute Gasteiger partial charge is 0.339 e. The van der Waals surface area contributed by atoms with Crippen LogP contribution in [0.5, 0.6) is 5.75 Å². The van der Waals surface area contributed by atoms with Gasteiger partial charge in [0.15, 0.2) is 0 Å². The Kier molecular flexibility index (Phi) is 4.46. The minimum absolute atomic E-state index is 0.166. The lowest BCUT2D eigenvalue weighted by Gasteiger charge is -2.07. The fraction of sp³-hybridized carbons (Fsp3) is 0.231. The number of rotatable bonds is 6. The maximum Gasteiger partial charge on any atom is 0.339 e. The molecule has 0 unspecified atom stereocenters. The number of nitrogens with zero attached hydrogens (tertiary/aromatic N) is 1. The average molecular weight is 279 g/mol. The largest absolute Gasteiger partial charge is 0.492 e. The second kappa shape index (κ2) is 6.29. The summed E-state index contributed by atoms with van der Waals surface area (Å²) in [4.78, 5) is 15.1. The number of ether oxygens (including phenoxy) is 1. The Balaban J connectivity index is 1.84. The maximum atomic E-state index is 11.0. The summed E-state index contributed by atoms with van der Waals surface area (Å²) >= 11 is 1.42. The molecule has 1 aromatic carbocycles. The lowest BCUT2D eigenvalue weighted by atomic mass is 10.2. The van der Waals surface area contributed by atoms with Crippen molar-refractivity contribution in [1.29, 1.82) is 0 Å². The predicted molar refractivity (Wildman–Crippen MR) is 70.9 cm³/mol. The van der Waals surface area contributed by atoms with Gasteiger partial charge in [-0.05, 0) is 19.1 Å². The first-order valence-electron chi connectivity index (χ1n) is 5.67. The van der Waals surface area contributed by atoms with Gasteiger partial charge in [0.2, 0.25) is 0 Å². The van der Waals surface area contributed by atoms with E-state index in [0.29, 0.717) is 23.3 Å². The first kappa shape index (κ1) is 13.5. The predicted octanol–water partition coefficient (Wildman–Crippen LogP) is 2.85. The van der Waals surface area contributed by atoms with Crippen molar-refractivity contribution in [3.63, 3.8) is 0 Å². The summed E-state index contributed by atoms with van der Waals surface area (Å²) in [5, 5.41) is 9.58. The van der Waals surface area contributed by atoms with E-state index in [2.05, 4.69) is 4.98 Å². The number of aromatic carboxylic acids is 1.